The summed E-state index contributed by atoms with van der Waals surface area (Å²) in [4.78, 5) is 4.74. The van der Waals surface area contributed by atoms with Crippen molar-refractivity contribution in [2.45, 2.75) is 6.10 Å². The monoisotopic (exact) mass is 336 g/mol. The van der Waals surface area contributed by atoms with E-state index in [9.17, 15) is 5.11 Å². The highest BCUT2D eigenvalue weighted by Crippen LogP contribution is 2.27. The number of hydrogen-bond donors (Lipinski definition) is 1. The van der Waals surface area contributed by atoms with E-state index < -0.39 is 6.10 Å². The molecule has 2 aromatic rings. The van der Waals surface area contributed by atoms with Crippen molar-refractivity contribution in [3.05, 3.63) is 65.7 Å². The lowest BCUT2D eigenvalue weighted by Crippen LogP contribution is -2.49. The Labute approximate surface area is 148 Å². The lowest BCUT2D eigenvalue weighted by atomic mass is 10.0. The summed E-state index contributed by atoms with van der Waals surface area (Å²) in [5.41, 5.74) is 3.29. The number of para-hydroxylation sites is 2. The van der Waals surface area contributed by atoms with Gasteiger partial charge in [-0.25, -0.2) is 0 Å². The molecule has 2 heterocycles. The first-order valence-electron chi connectivity index (χ1n) is 8.92. The average Bonchev–Trinajstić information content (AvgIpc) is 2.69. The fourth-order valence-electron chi connectivity index (χ4n) is 3.52. The van der Waals surface area contributed by atoms with Gasteiger partial charge in [-0.05, 0) is 29.8 Å². The van der Waals surface area contributed by atoms with Gasteiger partial charge in [-0.15, -0.1) is 0 Å². The van der Waals surface area contributed by atoms with Crippen molar-refractivity contribution in [1.82, 2.24) is 4.90 Å². The van der Waals surface area contributed by atoms with Gasteiger partial charge in [0.15, 0.2) is 0 Å². The predicted octanol–water partition coefficient (Wildman–Crippen LogP) is 2.65. The van der Waals surface area contributed by atoms with E-state index in [1.807, 2.05) is 30.3 Å². The second kappa shape index (κ2) is 7.30. The van der Waals surface area contributed by atoms with Crippen LogP contribution in [0.2, 0.25) is 0 Å². The van der Waals surface area contributed by atoms with Crippen molar-refractivity contribution in [3.8, 4) is 5.75 Å². The highest BCUT2D eigenvalue weighted by atomic mass is 16.5. The van der Waals surface area contributed by atoms with Gasteiger partial charge in [0.2, 0.25) is 0 Å². The van der Waals surface area contributed by atoms with Gasteiger partial charge in [0.05, 0.1) is 6.10 Å². The van der Waals surface area contributed by atoms with Crippen molar-refractivity contribution >= 4 is 11.8 Å². The highest BCUT2D eigenvalue weighted by Gasteiger charge is 2.23. The number of hydrogen-bond acceptors (Lipinski definition) is 4. The van der Waals surface area contributed by atoms with Crippen LogP contribution in [0.15, 0.2) is 60.2 Å². The molecule has 0 amide bonds. The Morgan fingerprint density at radius 1 is 0.920 bits per heavy atom. The van der Waals surface area contributed by atoms with Crippen molar-refractivity contribution in [2.75, 3.05) is 44.2 Å². The molecule has 1 atom stereocenters. The lowest BCUT2D eigenvalue weighted by Gasteiger charge is -2.37. The molecule has 2 aliphatic heterocycles. The maximum absolute atomic E-state index is 10.6. The molecule has 1 N–H and O–H groups in total. The number of ether oxygens (including phenoxy) is 1. The highest BCUT2D eigenvalue weighted by molar-refractivity contribution is 5.62. The lowest BCUT2D eigenvalue weighted by molar-refractivity contribution is 0.125. The molecule has 1 saturated heterocycles. The number of nitrogens with zero attached hydrogens (tertiary/aromatic N) is 2. The van der Waals surface area contributed by atoms with Crippen LogP contribution in [0.1, 0.15) is 5.56 Å². The molecule has 0 aromatic heterocycles. The number of benzene rings is 2. The number of rotatable bonds is 4. The first-order valence-corrected chi connectivity index (χ1v) is 8.92. The van der Waals surface area contributed by atoms with Crippen molar-refractivity contribution in [1.29, 1.82) is 0 Å². The quantitative estimate of drug-likeness (QED) is 0.931. The Morgan fingerprint density at radius 2 is 1.64 bits per heavy atom. The Balaban J connectivity index is 1.34. The molecule has 130 valence electrons. The van der Waals surface area contributed by atoms with Gasteiger partial charge < -0.3 is 14.7 Å². The van der Waals surface area contributed by atoms with E-state index in [-0.39, 0.29) is 0 Å². The summed E-state index contributed by atoms with van der Waals surface area (Å²) in [7, 11) is 0. The van der Waals surface area contributed by atoms with Crippen molar-refractivity contribution < 1.29 is 9.84 Å². The Bertz CT molecular complexity index is 737. The predicted molar refractivity (Wildman–Crippen MR) is 101 cm³/mol. The first kappa shape index (κ1) is 16.2. The second-order valence-corrected chi connectivity index (χ2v) is 6.68. The zero-order chi connectivity index (χ0) is 17.1. The summed E-state index contributed by atoms with van der Waals surface area (Å²) in [5, 5.41) is 10.6. The second-order valence-electron chi connectivity index (χ2n) is 6.68. The van der Waals surface area contributed by atoms with E-state index in [1.165, 1.54) is 5.69 Å². The standard InChI is InChI=1S/C21H24N2O2/c24-20(18-14-17-6-4-5-9-21(17)25-16-18)15-22-10-12-23(13-11-22)19-7-2-1-3-8-19/h1-9,14,20,24H,10-13,15-16H2. The minimum atomic E-state index is -0.475. The molecule has 0 radical (unpaired) electrons. The number of aliphatic hydroxyl groups excluding tert-OH is 1. The van der Waals surface area contributed by atoms with Crippen LogP contribution in [0.5, 0.6) is 5.75 Å². The third kappa shape index (κ3) is 3.70. The largest absolute Gasteiger partial charge is 0.489 e. The molecule has 0 saturated carbocycles. The average molecular weight is 336 g/mol. The van der Waals surface area contributed by atoms with E-state index in [2.05, 4.69) is 40.1 Å². The van der Waals surface area contributed by atoms with Gasteiger partial charge in [-0.2, -0.15) is 0 Å². The fraction of sp³-hybridized carbons (Fsp3) is 0.333. The normalized spacial score (nSPS) is 18.9. The van der Waals surface area contributed by atoms with Gasteiger partial charge in [-0.1, -0.05) is 36.4 Å². The Kier molecular flexibility index (Phi) is 4.72. The van der Waals surface area contributed by atoms with E-state index in [4.69, 9.17) is 4.74 Å². The van der Waals surface area contributed by atoms with Gasteiger partial charge in [0.1, 0.15) is 12.4 Å². The topological polar surface area (TPSA) is 35.9 Å². The molecule has 2 aliphatic rings. The summed E-state index contributed by atoms with van der Waals surface area (Å²) < 4.78 is 5.77. The van der Waals surface area contributed by atoms with Crippen LogP contribution in [-0.4, -0.2) is 55.4 Å². The molecule has 4 nitrogen and oxygen atoms in total. The summed E-state index contributed by atoms with van der Waals surface area (Å²) in [6.45, 7) is 5.07. The van der Waals surface area contributed by atoms with Gasteiger partial charge in [0, 0.05) is 44.0 Å². The van der Waals surface area contributed by atoms with Crippen LogP contribution in [0.25, 0.3) is 6.08 Å². The van der Waals surface area contributed by atoms with Crippen LogP contribution in [-0.2, 0) is 0 Å². The molecular formula is C21H24N2O2. The van der Waals surface area contributed by atoms with Crippen molar-refractivity contribution in [3.63, 3.8) is 0 Å². The van der Waals surface area contributed by atoms with E-state index >= 15 is 0 Å². The Morgan fingerprint density at radius 3 is 2.44 bits per heavy atom. The fourth-order valence-corrected chi connectivity index (χ4v) is 3.52. The summed E-state index contributed by atoms with van der Waals surface area (Å²) >= 11 is 0. The molecule has 2 aromatic carbocycles. The van der Waals surface area contributed by atoms with Gasteiger partial charge >= 0.3 is 0 Å². The van der Waals surface area contributed by atoms with Crippen LogP contribution in [0, 0.1) is 0 Å². The molecule has 4 heteroatoms. The smallest absolute Gasteiger partial charge is 0.127 e. The summed E-state index contributed by atoms with van der Waals surface area (Å²) in [6.07, 6.45) is 1.60. The van der Waals surface area contributed by atoms with Crippen LogP contribution in [0.3, 0.4) is 0 Å². The molecular weight excluding hydrogens is 312 g/mol. The summed E-state index contributed by atoms with van der Waals surface area (Å²) in [6, 6.07) is 18.5. The van der Waals surface area contributed by atoms with Crippen LogP contribution >= 0.6 is 0 Å². The number of piperazine rings is 1. The molecule has 1 unspecified atom stereocenters. The maximum Gasteiger partial charge on any atom is 0.127 e. The Hall–Kier alpha value is -2.30. The zero-order valence-electron chi connectivity index (χ0n) is 14.3. The van der Waals surface area contributed by atoms with Crippen molar-refractivity contribution in [2.24, 2.45) is 0 Å². The minimum absolute atomic E-state index is 0.474. The molecule has 0 bridgehead atoms. The molecule has 0 spiro atoms. The van der Waals surface area contributed by atoms with E-state index in [1.54, 1.807) is 0 Å². The maximum atomic E-state index is 10.6. The molecule has 0 aliphatic carbocycles. The first-order chi connectivity index (χ1) is 12.3. The van der Waals surface area contributed by atoms with Crippen LogP contribution < -0.4 is 9.64 Å². The molecule has 1 fully saturated rings. The zero-order valence-corrected chi connectivity index (χ0v) is 14.3. The van der Waals surface area contributed by atoms with Gasteiger partial charge in [-0.3, -0.25) is 4.90 Å². The van der Waals surface area contributed by atoms with Crippen LogP contribution in [0.4, 0.5) is 5.69 Å². The molecule has 25 heavy (non-hydrogen) atoms. The number of aliphatic hydroxyl groups is 1. The van der Waals surface area contributed by atoms with E-state index in [0.717, 1.165) is 43.1 Å². The molecule has 4 rings (SSSR count). The number of fused-ring (bicyclic) bond motifs is 1. The third-order valence-corrected chi connectivity index (χ3v) is 5.01. The third-order valence-electron chi connectivity index (χ3n) is 5.01. The van der Waals surface area contributed by atoms with Gasteiger partial charge in [0.25, 0.3) is 0 Å². The SMILES string of the molecule is OC(CN1CCN(c2ccccc2)CC1)C1=Cc2ccccc2OC1. The number of β-amino-alcohol motifs (C(OH)–C–C–N with tert-alkyl or cyclic N) is 1. The van der Waals surface area contributed by atoms with E-state index in [0.29, 0.717) is 13.2 Å². The minimum Gasteiger partial charge on any atom is -0.489 e. The summed E-state index contributed by atoms with van der Waals surface area (Å²) in [5.74, 6) is 0.898. The number of anilines is 1.